The Morgan fingerprint density at radius 1 is 1.50 bits per heavy atom. The standard InChI is InChI=1S/C11H19N3O3S/c1-4-17-6-5-14-11-8(16-3)7(12)9(18-11)10(15)13-2/h14H,4-6,12H2,1-3H3,(H,13,15). The van der Waals surface area contributed by atoms with E-state index >= 15 is 0 Å². The average molecular weight is 273 g/mol. The van der Waals surface area contributed by atoms with Gasteiger partial charge < -0.3 is 25.8 Å². The van der Waals surface area contributed by atoms with Gasteiger partial charge in [0.2, 0.25) is 0 Å². The molecule has 4 N–H and O–H groups in total. The first-order chi connectivity index (χ1) is 8.65. The molecule has 0 bridgehead atoms. The fraction of sp³-hybridized carbons (Fsp3) is 0.545. The lowest BCUT2D eigenvalue weighted by Gasteiger charge is -2.06. The zero-order valence-corrected chi connectivity index (χ0v) is 11.6. The molecular weight excluding hydrogens is 254 g/mol. The summed E-state index contributed by atoms with van der Waals surface area (Å²) < 4.78 is 10.4. The number of methoxy groups -OCH3 is 1. The third kappa shape index (κ3) is 3.27. The number of amides is 1. The summed E-state index contributed by atoms with van der Waals surface area (Å²) in [7, 11) is 3.09. The number of ether oxygens (including phenoxy) is 2. The van der Waals surface area contributed by atoms with E-state index in [1.54, 1.807) is 7.05 Å². The molecule has 18 heavy (non-hydrogen) atoms. The van der Waals surface area contributed by atoms with E-state index in [9.17, 15) is 4.79 Å². The van der Waals surface area contributed by atoms with Crippen LogP contribution < -0.4 is 21.1 Å². The first kappa shape index (κ1) is 14.6. The van der Waals surface area contributed by atoms with Crippen LogP contribution in [0.3, 0.4) is 0 Å². The molecule has 0 fully saturated rings. The van der Waals surface area contributed by atoms with Crippen LogP contribution in [0.15, 0.2) is 0 Å². The van der Waals surface area contributed by atoms with E-state index in [4.69, 9.17) is 15.2 Å². The number of carbonyl (C=O) groups excluding carboxylic acids is 1. The highest BCUT2D eigenvalue weighted by molar-refractivity contribution is 7.19. The molecule has 1 aromatic rings. The van der Waals surface area contributed by atoms with E-state index < -0.39 is 0 Å². The molecule has 0 aliphatic carbocycles. The van der Waals surface area contributed by atoms with Crippen LogP contribution in [-0.4, -0.2) is 39.8 Å². The maximum Gasteiger partial charge on any atom is 0.263 e. The molecule has 0 unspecified atom stereocenters. The third-order valence-corrected chi connectivity index (χ3v) is 3.42. The third-order valence-electron chi connectivity index (χ3n) is 2.27. The Morgan fingerprint density at radius 3 is 2.78 bits per heavy atom. The van der Waals surface area contributed by atoms with Crippen LogP contribution in [0.5, 0.6) is 5.75 Å². The van der Waals surface area contributed by atoms with Gasteiger partial charge in [-0.2, -0.15) is 0 Å². The van der Waals surface area contributed by atoms with Gasteiger partial charge in [0, 0.05) is 20.2 Å². The van der Waals surface area contributed by atoms with Gasteiger partial charge in [0.1, 0.15) is 15.6 Å². The Kier molecular flexibility index (Phi) is 5.73. The molecule has 0 saturated heterocycles. The molecular formula is C11H19N3O3S. The van der Waals surface area contributed by atoms with Crippen LogP contribution in [0.4, 0.5) is 10.7 Å². The van der Waals surface area contributed by atoms with E-state index in [2.05, 4.69) is 10.6 Å². The summed E-state index contributed by atoms with van der Waals surface area (Å²) in [6.07, 6.45) is 0. The molecule has 0 atom stereocenters. The van der Waals surface area contributed by atoms with Crippen molar-refractivity contribution in [3.63, 3.8) is 0 Å². The quantitative estimate of drug-likeness (QED) is 0.649. The maximum absolute atomic E-state index is 11.6. The number of carbonyl (C=O) groups is 1. The van der Waals surface area contributed by atoms with Gasteiger partial charge in [0.25, 0.3) is 5.91 Å². The van der Waals surface area contributed by atoms with Crippen molar-refractivity contribution in [2.75, 3.05) is 45.0 Å². The summed E-state index contributed by atoms with van der Waals surface area (Å²) in [5.41, 5.74) is 6.24. The normalized spacial score (nSPS) is 10.2. The zero-order valence-electron chi connectivity index (χ0n) is 10.8. The van der Waals surface area contributed by atoms with Crippen LogP contribution in [-0.2, 0) is 4.74 Å². The van der Waals surface area contributed by atoms with Crippen LogP contribution in [0.2, 0.25) is 0 Å². The van der Waals surface area contributed by atoms with Crippen molar-refractivity contribution in [2.24, 2.45) is 0 Å². The number of hydrogen-bond donors (Lipinski definition) is 3. The van der Waals surface area contributed by atoms with Crippen LogP contribution in [0.1, 0.15) is 16.6 Å². The Bertz CT molecular complexity index is 406. The number of rotatable bonds is 7. The first-order valence-electron chi connectivity index (χ1n) is 5.65. The van der Waals surface area contributed by atoms with E-state index in [1.165, 1.54) is 18.4 Å². The van der Waals surface area contributed by atoms with Crippen molar-refractivity contribution in [3.8, 4) is 5.75 Å². The summed E-state index contributed by atoms with van der Waals surface area (Å²) in [5.74, 6) is 0.295. The van der Waals surface area contributed by atoms with Gasteiger partial charge in [-0.05, 0) is 6.92 Å². The lowest BCUT2D eigenvalue weighted by atomic mass is 10.3. The second-order valence-electron chi connectivity index (χ2n) is 3.41. The van der Waals surface area contributed by atoms with Crippen molar-refractivity contribution in [2.45, 2.75) is 6.92 Å². The highest BCUT2D eigenvalue weighted by atomic mass is 32.1. The highest BCUT2D eigenvalue weighted by Gasteiger charge is 2.20. The monoisotopic (exact) mass is 273 g/mol. The summed E-state index contributed by atoms with van der Waals surface area (Å²) >= 11 is 1.27. The van der Waals surface area contributed by atoms with Gasteiger partial charge in [-0.25, -0.2) is 0 Å². The minimum atomic E-state index is -0.214. The Labute approximate surface area is 110 Å². The molecule has 0 radical (unpaired) electrons. The highest BCUT2D eigenvalue weighted by Crippen LogP contribution is 2.42. The molecule has 102 valence electrons. The number of anilines is 2. The number of nitrogens with two attached hydrogens (primary N) is 1. The number of hydrogen-bond acceptors (Lipinski definition) is 6. The lowest BCUT2D eigenvalue weighted by molar-refractivity contribution is 0.0967. The topological polar surface area (TPSA) is 85.6 Å². The molecule has 0 spiro atoms. The molecule has 1 amide bonds. The molecule has 0 aliphatic rings. The fourth-order valence-electron chi connectivity index (χ4n) is 1.41. The fourth-order valence-corrected chi connectivity index (χ4v) is 2.47. The van der Waals surface area contributed by atoms with E-state index in [1.807, 2.05) is 6.92 Å². The molecule has 0 saturated carbocycles. The van der Waals surface area contributed by atoms with E-state index in [0.717, 1.165) is 5.00 Å². The molecule has 6 nitrogen and oxygen atoms in total. The molecule has 1 heterocycles. The van der Waals surface area contributed by atoms with Crippen molar-refractivity contribution in [1.82, 2.24) is 5.32 Å². The van der Waals surface area contributed by atoms with Gasteiger partial charge in [-0.3, -0.25) is 4.79 Å². The van der Waals surface area contributed by atoms with Crippen molar-refractivity contribution in [1.29, 1.82) is 0 Å². The molecule has 1 rings (SSSR count). The zero-order chi connectivity index (χ0) is 13.5. The summed E-state index contributed by atoms with van der Waals surface area (Å²) in [6, 6.07) is 0. The van der Waals surface area contributed by atoms with Crippen LogP contribution >= 0.6 is 11.3 Å². The lowest BCUT2D eigenvalue weighted by Crippen LogP contribution is -2.17. The summed E-state index contributed by atoms with van der Waals surface area (Å²) in [6.45, 7) is 3.84. The number of nitrogen functional groups attached to an aromatic ring is 1. The predicted octanol–water partition coefficient (Wildman–Crippen LogP) is 1.15. The minimum absolute atomic E-state index is 0.214. The van der Waals surface area contributed by atoms with Gasteiger partial charge in [-0.15, -0.1) is 11.3 Å². The summed E-state index contributed by atoms with van der Waals surface area (Å²) in [5, 5.41) is 6.44. The molecule has 1 aromatic heterocycles. The van der Waals surface area contributed by atoms with Crippen molar-refractivity contribution >= 4 is 27.9 Å². The second kappa shape index (κ2) is 7.07. The molecule has 0 aliphatic heterocycles. The summed E-state index contributed by atoms with van der Waals surface area (Å²) in [4.78, 5) is 12.1. The second-order valence-corrected chi connectivity index (χ2v) is 4.43. The van der Waals surface area contributed by atoms with Crippen molar-refractivity contribution < 1.29 is 14.3 Å². The smallest absolute Gasteiger partial charge is 0.263 e. The predicted molar refractivity (Wildman–Crippen MR) is 73.7 cm³/mol. The SMILES string of the molecule is CCOCCNc1sc(C(=O)NC)c(N)c1OC. The van der Waals surface area contributed by atoms with Gasteiger partial charge in [0.05, 0.1) is 13.7 Å². The van der Waals surface area contributed by atoms with E-state index in [0.29, 0.717) is 36.1 Å². The maximum atomic E-state index is 11.6. The van der Waals surface area contributed by atoms with Crippen LogP contribution in [0, 0.1) is 0 Å². The van der Waals surface area contributed by atoms with Gasteiger partial charge in [0.15, 0.2) is 5.75 Å². The molecule has 7 heteroatoms. The average Bonchev–Trinajstić information content (AvgIpc) is 2.70. The van der Waals surface area contributed by atoms with Crippen molar-refractivity contribution in [3.05, 3.63) is 4.88 Å². The van der Waals surface area contributed by atoms with Gasteiger partial charge >= 0.3 is 0 Å². The minimum Gasteiger partial charge on any atom is -0.492 e. The number of nitrogens with one attached hydrogen (secondary N) is 2. The number of thiophene rings is 1. The Hall–Kier alpha value is -1.47. The first-order valence-corrected chi connectivity index (χ1v) is 6.47. The Morgan fingerprint density at radius 2 is 2.22 bits per heavy atom. The largest absolute Gasteiger partial charge is 0.492 e. The molecule has 0 aromatic carbocycles. The van der Waals surface area contributed by atoms with Crippen LogP contribution in [0.25, 0.3) is 0 Å². The van der Waals surface area contributed by atoms with Gasteiger partial charge in [-0.1, -0.05) is 0 Å². The van der Waals surface area contributed by atoms with E-state index in [-0.39, 0.29) is 5.91 Å². The Balaban J connectivity index is 2.80.